The number of halogens is 1. The average molecular weight is 379 g/mol. The fourth-order valence-electron chi connectivity index (χ4n) is 3.88. The van der Waals surface area contributed by atoms with Gasteiger partial charge >= 0.3 is 0 Å². The van der Waals surface area contributed by atoms with E-state index >= 15 is 0 Å². The highest BCUT2D eigenvalue weighted by atomic mass is 35.5. The number of hydrogen-bond acceptors (Lipinski definition) is 4. The van der Waals surface area contributed by atoms with Crippen LogP contribution in [-0.2, 0) is 9.59 Å². The lowest BCUT2D eigenvalue weighted by molar-refractivity contribution is -0.140. The molecule has 7 heteroatoms. The fourth-order valence-corrected chi connectivity index (χ4v) is 4.00. The van der Waals surface area contributed by atoms with Crippen LogP contribution in [0.15, 0.2) is 24.3 Å². The topological polar surface area (TPSA) is 55.9 Å². The van der Waals surface area contributed by atoms with Gasteiger partial charge in [-0.1, -0.05) is 23.7 Å². The molecule has 2 atom stereocenters. The maximum atomic E-state index is 13.1. The van der Waals surface area contributed by atoms with E-state index in [2.05, 4.69) is 22.2 Å². The van der Waals surface area contributed by atoms with E-state index in [0.29, 0.717) is 5.02 Å². The number of amides is 2. The summed E-state index contributed by atoms with van der Waals surface area (Å²) in [5, 5.41) is 3.39. The Kier molecular flexibility index (Phi) is 6.16. The van der Waals surface area contributed by atoms with Crippen LogP contribution < -0.4 is 5.32 Å². The number of rotatable bonds is 4. The molecule has 1 aromatic rings. The summed E-state index contributed by atoms with van der Waals surface area (Å²) in [6.45, 7) is 4.05. The molecular weight excluding hydrogens is 352 g/mol. The van der Waals surface area contributed by atoms with Gasteiger partial charge in [0.25, 0.3) is 0 Å². The minimum atomic E-state index is -0.471. The summed E-state index contributed by atoms with van der Waals surface area (Å²) in [4.78, 5) is 32.0. The number of hydrogen-bond donors (Lipinski definition) is 1. The lowest BCUT2D eigenvalue weighted by atomic mass is 10.0. The Bertz CT molecular complexity index is 643. The quantitative estimate of drug-likeness (QED) is 0.859. The Hall–Kier alpha value is -1.63. The third-order valence-corrected chi connectivity index (χ3v) is 5.66. The van der Waals surface area contributed by atoms with E-state index in [4.69, 9.17) is 11.6 Å². The van der Waals surface area contributed by atoms with Gasteiger partial charge in [0.1, 0.15) is 6.04 Å². The van der Waals surface area contributed by atoms with E-state index in [9.17, 15) is 9.59 Å². The molecule has 1 aromatic carbocycles. The standard InChI is InChI=1S/C19H27ClN4O2/c1-21-18(25)17(14-5-7-15(20)8-6-14)24-9-3-4-16(24)19(26)23-12-10-22(2)11-13-23/h5-8,16-17H,3-4,9-13H2,1-2H3,(H,21,25)/t16-,17+/m0/s1. The van der Waals surface area contributed by atoms with E-state index in [1.54, 1.807) is 19.2 Å². The Morgan fingerprint density at radius 1 is 1.12 bits per heavy atom. The van der Waals surface area contributed by atoms with Crippen molar-refractivity contribution in [3.05, 3.63) is 34.9 Å². The highest BCUT2D eigenvalue weighted by molar-refractivity contribution is 6.30. The van der Waals surface area contributed by atoms with Gasteiger partial charge in [-0.15, -0.1) is 0 Å². The van der Waals surface area contributed by atoms with Crippen LogP contribution >= 0.6 is 11.6 Å². The lowest BCUT2D eigenvalue weighted by Crippen LogP contribution is -2.54. The maximum absolute atomic E-state index is 13.1. The van der Waals surface area contributed by atoms with E-state index in [-0.39, 0.29) is 17.9 Å². The molecule has 0 spiro atoms. The Morgan fingerprint density at radius 3 is 2.38 bits per heavy atom. The number of likely N-dealkylation sites (tertiary alicyclic amines) is 1. The second-order valence-electron chi connectivity index (χ2n) is 7.09. The van der Waals surface area contributed by atoms with Crippen LogP contribution in [0.2, 0.25) is 5.02 Å². The molecular formula is C19H27ClN4O2. The van der Waals surface area contributed by atoms with Crippen molar-refractivity contribution in [2.45, 2.75) is 24.9 Å². The molecule has 0 aromatic heterocycles. The van der Waals surface area contributed by atoms with Crippen LogP contribution in [-0.4, -0.2) is 79.4 Å². The van der Waals surface area contributed by atoms with Crippen molar-refractivity contribution in [1.82, 2.24) is 20.0 Å². The normalized spacial score (nSPS) is 23.0. The molecule has 6 nitrogen and oxygen atoms in total. The van der Waals surface area contributed by atoms with E-state index in [0.717, 1.165) is 51.1 Å². The molecule has 0 radical (unpaired) electrons. The third kappa shape index (κ3) is 4.03. The molecule has 2 heterocycles. The van der Waals surface area contributed by atoms with Crippen molar-refractivity contribution in [3.8, 4) is 0 Å². The van der Waals surface area contributed by atoms with Gasteiger partial charge in [-0.05, 0) is 37.6 Å². The zero-order valence-corrected chi connectivity index (χ0v) is 16.2. The first kappa shape index (κ1) is 19.1. The smallest absolute Gasteiger partial charge is 0.241 e. The van der Waals surface area contributed by atoms with Crippen LogP contribution in [0.1, 0.15) is 24.4 Å². The molecule has 3 rings (SSSR count). The van der Waals surface area contributed by atoms with E-state index < -0.39 is 6.04 Å². The van der Waals surface area contributed by atoms with Crippen molar-refractivity contribution >= 4 is 23.4 Å². The SMILES string of the molecule is CNC(=O)[C@@H](c1ccc(Cl)cc1)N1CCC[C@H]1C(=O)N1CCN(C)CC1. The Balaban J connectivity index is 1.82. The van der Waals surface area contributed by atoms with Gasteiger partial charge in [0.15, 0.2) is 0 Å². The second-order valence-corrected chi connectivity index (χ2v) is 7.53. The molecule has 2 amide bonds. The number of nitrogens with zero attached hydrogens (tertiary/aromatic N) is 3. The van der Waals surface area contributed by atoms with Crippen molar-refractivity contribution in [3.63, 3.8) is 0 Å². The largest absolute Gasteiger partial charge is 0.358 e. The number of carbonyl (C=O) groups is 2. The highest BCUT2D eigenvalue weighted by Crippen LogP contribution is 2.31. The summed E-state index contributed by atoms with van der Waals surface area (Å²) in [6, 6.07) is 6.62. The second kappa shape index (κ2) is 8.37. The molecule has 0 aliphatic carbocycles. The van der Waals surface area contributed by atoms with Crippen LogP contribution in [0, 0.1) is 0 Å². The predicted molar refractivity (Wildman–Crippen MR) is 102 cm³/mol. The zero-order chi connectivity index (χ0) is 18.7. The van der Waals surface area contributed by atoms with Gasteiger partial charge in [0, 0.05) is 44.8 Å². The maximum Gasteiger partial charge on any atom is 0.241 e. The first-order valence-electron chi connectivity index (χ1n) is 9.21. The molecule has 2 aliphatic heterocycles. The molecule has 0 unspecified atom stereocenters. The van der Waals surface area contributed by atoms with Crippen LogP contribution in [0.25, 0.3) is 0 Å². The molecule has 142 valence electrons. The molecule has 26 heavy (non-hydrogen) atoms. The van der Waals surface area contributed by atoms with Crippen molar-refractivity contribution in [1.29, 1.82) is 0 Å². The molecule has 2 saturated heterocycles. The lowest BCUT2D eigenvalue weighted by Gasteiger charge is -2.37. The van der Waals surface area contributed by atoms with E-state index in [1.165, 1.54) is 0 Å². The zero-order valence-electron chi connectivity index (χ0n) is 15.4. The summed E-state index contributed by atoms with van der Waals surface area (Å²) in [6.07, 6.45) is 1.72. The van der Waals surface area contributed by atoms with E-state index in [1.807, 2.05) is 17.0 Å². The van der Waals surface area contributed by atoms with Crippen LogP contribution in [0.5, 0.6) is 0 Å². The third-order valence-electron chi connectivity index (χ3n) is 5.41. The minimum Gasteiger partial charge on any atom is -0.358 e. The average Bonchev–Trinajstić information content (AvgIpc) is 3.12. The van der Waals surface area contributed by atoms with Gasteiger partial charge in [-0.3, -0.25) is 14.5 Å². The molecule has 1 N–H and O–H groups in total. The summed E-state index contributed by atoms with van der Waals surface area (Å²) in [5.74, 6) is 0.0591. The molecule has 2 aliphatic rings. The van der Waals surface area contributed by atoms with Gasteiger partial charge in [-0.2, -0.15) is 0 Å². The highest BCUT2D eigenvalue weighted by Gasteiger charge is 2.41. The molecule has 0 bridgehead atoms. The summed E-state index contributed by atoms with van der Waals surface area (Å²) in [7, 11) is 3.71. The predicted octanol–water partition coefficient (Wildman–Crippen LogP) is 1.37. The van der Waals surface area contributed by atoms with Crippen LogP contribution in [0.3, 0.4) is 0 Å². The molecule has 0 saturated carbocycles. The summed E-state index contributed by atoms with van der Waals surface area (Å²) < 4.78 is 0. The number of likely N-dealkylation sites (N-methyl/N-ethyl adjacent to an activating group) is 2. The monoisotopic (exact) mass is 378 g/mol. The fraction of sp³-hybridized carbons (Fsp3) is 0.579. The van der Waals surface area contributed by atoms with Crippen LogP contribution in [0.4, 0.5) is 0 Å². The van der Waals surface area contributed by atoms with Gasteiger partial charge in [0.05, 0.1) is 6.04 Å². The van der Waals surface area contributed by atoms with Gasteiger partial charge < -0.3 is 15.1 Å². The summed E-state index contributed by atoms with van der Waals surface area (Å²) in [5.41, 5.74) is 0.867. The van der Waals surface area contributed by atoms with Crippen molar-refractivity contribution < 1.29 is 9.59 Å². The molecule has 2 fully saturated rings. The van der Waals surface area contributed by atoms with Crippen molar-refractivity contribution in [2.75, 3.05) is 46.8 Å². The first-order valence-corrected chi connectivity index (χ1v) is 9.59. The number of nitrogens with one attached hydrogen (secondary N) is 1. The Labute approximate surface area is 160 Å². The van der Waals surface area contributed by atoms with Crippen molar-refractivity contribution in [2.24, 2.45) is 0 Å². The number of benzene rings is 1. The Morgan fingerprint density at radius 2 is 1.77 bits per heavy atom. The summed E-state index contributed by atoms with van der Waals surface area (Å²) >= 11 is 6.00. The van der Waals surface area contributed by atoms with Gasteiger partial charge in [-0.25, -0.2) is 0 Å². The van der Waals surface area contributed by atoms with Gasteiger partial charge in [0.2, 0.25) is 11.8 Å². The number of piperazine rings is 1. The number of carbonyl (C=O) groups excluding carboxylic acids is 2. The first-order chi connectivity index (χ1) is 12.5. The minimum absolute atomic E-state index is 0.0922.